The maximum atomic E-state index is 15.0. The third-order valence-corrected chi connectivity index (χ3v) is 6.52. The number of rotatable bonds is 9. The van der Waals surface area contributed by atoms with E-state index in [9.17, 15) is 32.4 Å². The van der Waals surface area contributed by atoms with Gasteiger partial charge in [-0.1, -0.05) is 31.1 Å². The molecule has 0 spiro atoms. The third-order valence-electron chi connectivity index (χ3n) is 5.38. The molecule has 0 fully saturated rings. The van der Waals surface area contributed by atoms with E-state index >= 15 is 0 Å². The van der Waals surface area contributed by atoms with E-state index in [0.717, 1.165) is 24.8 Å². The number of halogens is 4. The highest BCUT2D eigenvalue weighted by molar-refractivity contribution is 7.99. The molecule has 4 nitrogen and oxygen atoms in total. The number of hydrogen-bond donors (Lipinski definition) is 0. The van der Waals surface area contributed by atoms with Crippen molar-refractivity contribution >= 4 is 35.4 Å². The lowest BCUT2D eigenvalue weighted by molar-refractivity contribution is -0.120. The standard InChI is InChI=1S/C25H23BF4N2O2S/c1-14(2)26(24(34)10-16(4)25(28,29)30)19-12-23(18(13-31)11-20(19)27)35-22-7-6-8-32-21(22)9-15(3)17(5)33/h6-8,10-12,15H,1,9H2,2-5H3/b16-10+. The summed E-state index contributed by atoms with van der Waals surface area (Å²) in [7, 11) is 0. The number of carbonyl (C=O) groups excluding carboxylic acids is 2. The number of hydrogen-bond acceptors (Lipinski definition) is 5. The zero-order valence-electron chi connectivity index (χ0n) is 19.7. The number of pyridine rings is 1. The molecule has 35 heavy (non-hydrogen) atoms. The third kappa shape index (κ3) is 7.15. The fourth-order valence-electron chi connectivity index (χ4n) is 3.22. The van der Waals surface area contributed by atoms with Gasteiger partial charge in [-0.2, -0.15) is 18.4 Å². The fourth-order valence-corrected chi connectivity index (χ4v) is 4.26. The van der Waals surface area contributed by atoms with Gasteiger partial charge in [-0.15, -0.1) is 6.58 Å². The summed E-state index contributed by atoms with van der Waals surface area (Å²) in [4.78, 5) is 29.7. The normalized spacial score (nSPS) is 12.6. The molecule has 0 amide bonds. The summed E-state index contributed by atoms with van der Waals surface area (Å²) in [5, 5.41) is 9.56. The summed E-state index contributed by atoms with van der Waals surface area (Å²) in [5.41, 5.74) is -1.52. The summed E-state index contributed by atoms with van der Waals surface area (Å²) >= 11 is 1.10. The summed E-state index contributed by atoms with van der Waals surface area (Å²) in [6, 6.07) is 7.56. The Morgan fingerprint density at radius 2 is 1.91 bits per heavy atom. The minimum atomic E-state index is -4.70. The van der Waals surface area contributed by atoms with Crippen LogP contribution in [0.5, 0.6) is 0 Å². The van der Waals surface area contributed by atoms with E-state index in [0.29, 0.717) is 28.0 Å². The zero-order chi connectivity index (χ0) is 26.5. The van der Waals surface area contributed by atoms with Gasteiger partial charge in [-0.25, -0.2) is 4.39 Å². The second-order valence-electron chi connectivity index (χ2n) is 8.25. The lowest BCUT2D eigenvalue weighted by Crippen LogP contribution is -2.42. The Kier molecular flexibility index (Phi) is 9.21. The summed E-state index contributed by atoms with van der Waals surface area (Å²) < 4.78 is 53.9. The minimum Gasteiger partial charge on any atom is -0.305 e. The molecule has 0 aliphatic carbocycles. The van der Waals surface area contributed by atoms with Crippen molar-refractivity contribution < 1.29 is 27.2 Å². The van der Waals surface area contributed by atoms with Crippen LogP contribution in [-0.2, 0) is 16.0 Å². The Labute approximate surface area is 206 Å². The average Bonchev–Trinajstić information content (AvgIpc) is 2.75. The lowest BCUT2D eigenvalue weighted by Gasteiger charge is -2.16. The van der Waals surface area contributed by atoms with Crippen LogP contribution in [0.3, 0.4) is 0 Å². The van der Waals surface area contributed by atoms with Gasteiger partial charge < -0.3 is 4.79 Å². The van der Waals surface area contributed by atoms with Crippen LogP contribution in [0.2, 0.25) is 0 Å². The molecule has 1 unspecified atom stereocenters. The summed E-state index contributed by atoms with van der Waals surface area (Å²) in [6.07, 6.45) is -2.35. The molecular formula is C25H23BF4N2O2S. The van der Waals surface area contributed by atoms with E-state index in [1.807, 2.05) is 6.07 Å². The van der Waals surface area contributed by atoms with Crippen LogP contribution in [0.25, 0.3) is 0 Å². The monoisotopic (exact) mass is 502 g/mol. The van der Waals surface area contributed by atoms with Crippen molar-refractivity contribution in [3.05, 3.63) is 71.2 Å². The second-order valence-corrected chi connectivity index (χ2v) is 9.34. The van der Waals surface area contributed by atoms with Gasteiger partial charge in [0.05, 0.1) is 11.3 Å². The van der Waals surface area contributed by atoms with E-state index in [1.165, 1.54) is 19.9 Å². The van der Waals surface area contributed by atoms with Gasteiger partial charge in [0, 0.05) is 33.9 Å². The number of alkyl halides is 3. The van der Waals surface area contributed by atoms with E-state index in [2.05, 4.69) is 11.6 Å². The van der Waals surface area contributed by atoms with E-state index in [1.54, 1.807) is 25.3 Å². The number of allylic oxidation sites excluding steroid dienone is 3. The van der Waals surface area contributed by atoms with Gasteiger partial charge in [0.25, 0.3) is 6.71 Å². The van der Waals surface area contributed by atoms with E-state index in [4.69, 9.17) is 0 Å². The maximum Gasteiger partial charge on any atom is 0.412 e. The van der Waals surface area contributed by atoms with Crippen molar-refractivity contribution in [1.82, 2.24) is 4.98 Å². The molecule has 2 aromatic rings. The zero-order valence-corrected chi connectivity index (χ0v) is 20.5. The van der Waals surface area contributed by atoms with E-state index < -0.39 is 30.0 Å². The van der Waals surface area contributed by atoms with E-state index in [-0.39, 0.29) is 28.2 Å². The number of nitrogens with zero attached hydrogens (tertiary/aromatic N) is 2. The predicted molar refractivity (Wildman–Crippen MR) is 128 cm³/mol. The van der Waals surface area contributed by atoms with Gasteiger partial charge in [-0.05, 0) is 49.7 Å². The molecule has 1 heterocycles. The largest absolute Gasteiger partial charge is 0.412 e. The molecule has 1 atom stereocenters. The number of ketones is 1. The Hall–Kier alpha value is -3.19. The summed E-state index contributed by atoms with van der Waals surface area (Å²) in [5.74, 6) is -1.21. The van der Waals surface area contributed by atoms with Crippen molar-refractivity contribution in [1.29, 1.82) is 5.26 Å². The molecule has 0 bridgehead atoms. The molecule has 10 heteroatoms. The van der Waals surface area contributed by atoms with Gasteiger partial charge in [-0.3, -0.25) is 9.78 Å². The quantitative estimate of drug-likeness (QED) is 0.259. The number of carbonyl (C=O) groups is 2. The van der Waals surface area contributed by atoms with Crippen LogP contribution in [0.1, 0.15) is 39.0 Å². The van der Waals surface area contributed by atoms with Crippen molar-refractivity contribution in [3.8, 4) is 6.07 Å². The van der Waals surface area contributed by atoms with Gasteiger partial charge >= 0.3 is 6.18 Å². The summed E-state index contributed by atoms with van der Waals surface area (Å²) in [6.45, 7) is 7.73. The Morgan fingerprint density at radius 1 is 1.26 bits per heavy atom. The highest BCUT2D eigenvalue weighted by Gasteiger charge is 2.34. The fraction of sp³-hybridized carbons (Fsp3) is 0.280. The first-order valence-electron chi connectivity index (χ1n) is 10.6. The van der Waals surface area contributed by atoms with Gasteiger partial charge in [0.2, 0.25) is 0 Å². The van der Waals surface area contributed by atoms with Crippen LogP contribution in [0.4, 0.5) is 17.6 Å². The topological polar surface area (TPSA) is 70.8 Å². The molecule has 0 N–H and O–H groups in total. The first kappa shape index (κ1) is 28.1. The Balaban J connectivity index is 2.57. The molecule has 0 saturated heterocycles. The van der Waals surface area contributed by atoms with Gasteiger partial charge in [0.1, 0.15) is 23.4 Å². The molecule has 0 radical (unpaired) electrons. The Morgan fingerprint density at radius 3 is 2.46 bits per heavy atom. The second kappa shape index (κ2) is 11.5. The first-order valence-corrected chi connectivity index (χ1v) is 11.4. The lowest BCUT2D eigenvalue weighted by atomic mass is 9.37. The van der Waals surface area contributed by atoms with Gasteiger partial charge in [0.15, 0.2) is 0 Å². The molecule has 182 valence electrons. The van der Waals surface area contributed by atoms with Crippen LogP contribution in [0.15, 0.2) is 64.0 Å². The van der Waals surface area contributed by atoms with Crippen molar-refractivity contribution in [2.45, 2.75) is 50.1 Å². The van der Waals surface area contributed by atoms with Crippen LogP contribution >= 0.6 is 11.8 Å². The van der Waals surface area contributed by atoms with Crippen molar-refractivity contribution in [3.63, 3.8) is 0 Å². The predicted octanol–water partition coefficient (Wildman–Crippen LogP) is 5.45. The number of aromatic nitrogens is 1. The van der Waals surface area contributed by atoms with Crippen molar-refractivity contribution in [2.75, 3.05) is 0 Å². The molecule has 1 aromatic heterocycles. The van der Waals surface area contributed by atoms with Crippen LogP contribution in [-0.4, -0.2) is 29.3 Å². The number of nitriles is 1. The molecule has 0 aliphatic heterocycles. The smallest absolute Gasteiger partial charge is 0.305 e. The molecule has 0 saturated carbocycles. The van der Waals surface area contributed by atoms with Crippen LogP contribution < -0.4 is 5.46 Å². The highest BCUT2D eigenvalue weighted by Crippen LogP contribution is 2.33. The number of Topliss-reactive ketones (excluding diaryl/α,β-unsaturated/α-hetero) is 1. The molecular weight excluding hydrogens is 479 g/mol. The first-order chi connectivity index (χ1) is 16.3. The maximum absolute atomic E-state index is 15.0. The Bertz CT molecular complexity index is 1230. The van der Waals surface area contributed by atoms with Crippen LogP contribution in [0, 0.1) is 23.1 Å². The molecule has 2 rings (SSSR count). The molecule has 1 aromatic carbocycles. The minimum absolute atomic E-state index is 0.0133. The average molecular weight is 502 g/mol. The number of benzene rings is 1. The highest BCUT2D eigenvalue weighted by atomic mass is 32.2. The van der Waals surface area contributed by atoms with Crippen molar-refractivity contribution in [2.24, 2.45) is 5.92 Å². The SMILES string of the molecule is C=C(C)B(C(=O)/C=C(\C)C(F)(F)F)c1cc(Sc2cccnc2CC(C)C(C)=O)c(C#N)cc1F. The molecule has 0 aliphatic rings.